The van der Waals surface area contributed by atoms with Crippen molar-refractivity contribution in [2.45, 2.75) is 44.6 Å². The van der Waals surface area contributed by atoms with Gasteiger partial charge in [0.15, 0.2) is 0 Å². The Kier molecular flexibility index (Phi) is 5.21. The van der Waals surface area contributed by atoms with Crippen LogP contribution in [-0.2, 0) is 0 Å². The lowest BCUT2D eigenvalue weighted by Gasteiger charge is -2.10. The van der Waals surface area contributed by atoms with E-state index in [2.05, 4.69) is 6.92 Å². The van der Waals surface area contributed by atoms with E-state index in [1.807, 2.05) is 6.92 Å². The van der Waals surface area contributed by atoms with Gasteiger partial charge in [-0.15, -0.1) is 11.6 Å². The Balaban J connectivity index is 3.16. The molecule has 0 heterocycles. The molecular weight excluding hydrogens is 136 g/mol. The van der Waals surface area contributed by atoms with Crippen molar-refractivity contribution in [3.63, 3.8) is 0 Å². The number of unbranched alkanes of at least 4 members (excludes halogenated alkanes) is 1. The number of rotatable bonds is 4. The number of aliphatic hydroxyl groups is 1. The largest absolute Gasteiger partial charge is 0.392 e. The van der Waals surface area contributed by atoms with Crippen molar-refractivity contribution in [3.05, 3.63) is 0 Å². The van der Waals surface area contributed by atoms with Crippen LogP contribution in [0.25, 0.3) is 0 Å². The summed E-state index contributed by atoms with van der Waals surface area (Å²) in [6.45, 7) is 3.92. The van der Waals surface area contributed by atoms with Crippen molar-refractivity contribution in [1.82, 2.24) is 0 Å². The summed E-state index contributed by atoms with van der Waals surface area (Å²) in [4.78, 5) is 0. The molecule has 2 heteroatoms. The van der Waals surface area contributed by atoms with E-state index in [-0.39, 0.29) is 11.5 Å². The van der Waals surface area contributed by atoms with Crippen molar-refractivity contribution < 1.29 is 5.11 Å². The van der Waals surface area contributed by atoms with E-state index >= 15 is 0 Å². The highest BCUT2D eigenvalue weighted by Crippen LogP contribution is 2.08. The molecule has 0 spiro atoms. The molecule has 0 saturated carbocycles. The zero-order valence-corrected chi connectivity index (χ0v) is 6.86. The van der Waals surface area contributed by atoms with Crippen LogP contribution in [0.4, 0.5) is 0 Å². The van der Waals surface area contributed by atoms with Gasteiger partial charge in [-0.2, -0.15) is 0 Å². The third-order valence-corrected chi connectivity index (χ3v) is 1.67. The van der Waals surface area contributed by atoms with Crippen molar-refractivity contribution in [2.24, 2.45) is 0 Å². The molecule has 0 bridgehead atoms. The molecule has 0 aliphatic heterocycles. The minimum atomic E-state index is -0.313. The molecule has 0 fully saturated rings. The molecule has 0 radical (unpaired) electrons. The Hall–Kier alpha value is 0.250. The molecule has 56 valence electrons. The van der Waals surface area contributed by atoms with Gasteiger partial charge in [-0.3, -0.25) is 0 Å². The lowest BCUT2D eigenvalue weighted by molar-refractivity contribution is 0.161. The first-order valence-electron chi connectivity index (χ1n) is 3.50. The van der Waals surface area contributed by atoms with Crippen molar-refractivity contribution >= 4 is 11.6 Å². The second kappa shape index (κ2) is 5.07. The molecule has 0 saturated heterocycles. The number of halogens is 1. The number of aliphatic hydroxyl groups excluding tert-OH is 1. The number of alkyl halides is 1. The molecule has 0 aromatic heterocycles. The molecule has 1 unspecified atom stereocenters. The summed E-state index contributed by atoms with van der Waals surface area (Å²) in [6, 6.07) is 0. The molecule has 0 amide bonds. The first-order valence-corrected chi connectivity index (χ1v) is 3.94. The van der Waals surface area contributed by atoms with Crippen LogP contribution >= 0.6 is 11.6 Å². The number of hydrogen-bond donors (Lipinski definition) is 1. The van der Waals surface area contributed by atoms with Gasteiger partial charge in [0, 0.05) is 0 Å². The van der Waals surface area contributed by atoms with Gasteiger partial charge in [-0.1, -0.05) is 19.8 Å². The third-order valence-electron chi connectivity index (χ3n) is 1.38. The summed E-state index contributed by atoms with van der Waals surface area (Å²) in [5, 5.41) is 9.03. The highest BCUT2D eigenvalue weighted by atomic mass is 35.5. The Morgan fingerprint density at radius 1 is 1.56 bits per heavy atom. The van der Waals surface area contributed by atoms with Crippen LogP contribution < -0.4 is 0 Å². The monoisotopic (exact) mass is 150 g/mol. The zero-order valence-electron chi connectivity index (χ0n) is 6.10. The summed E-state index contributed by atoms with van der Waals surface area (Å²) in [7, 11) is 0. The fourth-order valence-electron chi connectivity index (χ4n) is 0.643. The smallest absolute Gasteiger partial charge is 0.0701 e. The van der Waals surface area contributed by atoms with Crippen molar-refractivity contribution in [3.8, 4) is 0 Å². The van der Waals surface area contributed by atoms with E-state index in [4.69, 9.17) is 16.7 Å². The molecule has 9 heavy (non-hydrogen) atoms. The third kappa shape index (κ3) is 4.73. The fraction of sp³-hybridized carbons (Fsp3) is 1.00. The molecule has 1 N–H and O–H groups in total. The van der Waals surface area contributed by atoms with Gasteiger partial charge in [-0.05, 0) is 13.3 Å². The molecular formula is C7H15ClO. The molecule has 0 aliphatic carbocycles. The van der Waals surface area contributed by atoms with Crippen LogP contribution in [0.2, 0.25) is 0 Å². The molecule has 0 aromatic rings. The summed E-state index contributed by atoms with van der Waals surface area (Å²) < 4.78 is 0. The Morgan fingerprint density at radius 2 is 2.11 bits per heavy atom. The topological polar surface area (TPSA) is 20.2 Å². The van der Waals surface area contributed by atoms with Gasteiger partial charge >= 0.3 is 0 Å². The first-order chi connectivity index (χ1) is 4.18. The Bertz CT molecular complexity index is 63.9. The first kappa shape index (κ1) is 9.25. The SMILES string of the molecule is CCCC[C@@H](O)C(C)Cl. The zero-order chi connectivity index (χ0) is 7.28. The van der Waals surface area contributed by atoms with E-state index < -0.39 is 0 Å². The van der Waals surface area contributed by atoms with Crippen LogP contribution in [0.1, 0.15) is 33.1 Å². The van der Waals surface area contributed by atoms with Crippen molar-refractivity contribution in [1.29, 1.82) is 0 Å². The maximum Gasteiger partial charge on any atom is 0.0701 e. The van der Waals surface area contributed by atoms with E-state index in [0.29, 0.717) is 0 Å². The van der Waals surface area contributed by atoms with Gasteiger partial charge in [0.05, 0.1) is 11.5 Å². The van der Waals surface area contributed by atoms with E-state index in [1.165, 1.54) is 0 Å². The maximum atomic E-state index is 9.13. The Labute approximate surface area is 62.0 Å². The minimum absolute atomic E-state index is 0.100. The van der Waals surface area contributed by atoms with Crippen LogP contribution in [0, 0.1) is 0 Å². The predicted octanol–water partition coefficient (Wildman–Crippen LogP) is 2.16. The summed E-state index contributed by atoms with van der Waals surface area (Å²) in [6.07, 6.45) is 2.71. The van der Waals surface area contributed by atoms with Gasteiger partial charge < -0.3 is 5.11 Å². The average Bonchev–Trinajstić information content (AvgIpc) is 1.82. The second-order valence-electron chi connectivity index (χ2n) is 2.39. The number of hydrogen-bond acceptors (Lipinski definition) is 1. The highest BCUT2D eigenvalue weighted by Gasteiger charge is 2.08. The molecule has 2 atom stereocenters. The van der Waals surface area contributed by atoms with Gasteiger partial charge in [0.1, 0.15) is 0 Å². The second-order valence-corrected chi connectivity index (χ2v) is 3.08. The van der Waals surface area contributed by atoms with Crippen LogP contribution in [0.15, 0.2) is 0 Å². The normalized spacial score (nSPS) is 17.3. The van der Waals surface area contributed by atoms with E-state index in [0.717, 1.165) is 19.3 Å². The average molecular weight is 151 g/mol. The molecule has 0 aliphatic rings. The van der Waals surface area contributed by atoms with Crippen LogP contribution in [-0.4, -0.2) is 16.6 Å². The highest BCUT2D eigenvalue weighted by molar-refractivity contribution is 6.20. The van der Waals surface area contributed by atoms with Gasteiger partial charge in [0.25, 0.3) is 0 Å². The summed E-state index contributed by atoms with van der Waals surface area (Å²) >= 11 is 5.61. The van der Waals surface area contributed by atoms with Crippen LogP contribution in [0.3, 0.4) is 0 Å². The van der Waals surface area contributed by atoms with E-state index in [9.17, 15) is 0 Å². The lowest BCUT2D eigenvalue weighted by Crippen LogP contribution is -2.16. The molecule has 1 nitrogen and oxygen atoms in total. The molecule has 0 aromatic carbocycles. The predicted molar refractivity (Wildman–Crippen MR) is 40.8 cm³/mol. The standard InChI is InChI=1S/C7H15ClO/c1-3-4-5-7(9)6(2)8/h6-7,9H,3-5H2,1-2H3/t6?,7-/m1/s1. The summed E-state index contributed by atoms with van der Waals surface area (Å²) in [5.74, 6) is 0. The van der Waals surface area contributed by atoms with Crippen LogP contribution in [0.5, 0.6) is 0 Å². The maximum absolute atomic E-state index is 9.13. The Morgan fingerprint density at radius 3 is 2.44 bits per heavy atom. The lowest BCUT2D eigenvalue weighted by atomic mass is 10.1. The van der Waals surface area contributed by atoms with E-state index in [1.54, 1.807) is 0 Å². The summed E-state index contributed by atoms with van der Waals surface area (Å²) in [5.41, 5.74) is 0. The van der Waals surface area contributed by atoms with Gasteiger partial charge in [0.2, 0.25) is 0 Å². The quantitative estimate of drug-likeness (QED) is 0.609. The minimum Gasteiger partial charge on any atom is -0.392 e. The fourth-order valence-corrected chi connectivity index (χ4v) is 0.769. The van der Waals surface area contributed by atoms with Crippen molar-refractivity contribution in [2.75, 3.05) is 0 Å². The molecule has 0 rings (SSSR count). The van der Waals surface area contributed by atoms with Gasteiger partial charge in [-0.25, -0.2) is 0 Å².